The first-order valence-corrected chi connectivity index (χ1v) is 4.04. The standard InChI is InChI=1S/C8H8F3N3O2/c1-14(12)7(15)5-4-13-3-2-6(5)16-8(9,10)11/h2-4H,12H2,1H3. The maximum absolute atomic E-state index is 12.0. The number of ether oxygens (including phenoxy) is 1. The van der Waals surface area contributed by atoms with Gasteiger partial charge in [-0.25, -0.2) is 5.84 Å². The lowest BCUT2D eigenvalue weighted by atomic mass is 10.2. The first-order valence-electron chi connectivity index (χ1n) is 4.04. The lowest BCUT2D eigenvalue weighted by Crippen LogP contribution is -2.34. The van der Waals surface area contributed by atoms with Crippen LogP contribution in [0.2, 0.25) is 0 Å². The summed E-state index contributed by atoms with van der Waals surface area (Å²) in [6.45, 7) is 0. The van der Waals surface area contributed by atoms with Crippen molar-refractivity contribution in [2.45, 2.75) is 6.36 Å². The number of nitrogens with zero attached hydrogens (tertiary/aromatic N) is 2. The van der Waals surface area contributed by atoms with E-state index in [1.54, 1.807) is 0 Å². The van der Waals surface area contributed by atoms with Crippen LogP contribution in [0.1, 0.15) is 10.4 Å². The normalized spacial score (nSPS) is 11.1. The third-order valence-electron chi connectivity index (χ3n) is 1.56. The smallest absolute Gasteiger partial charge is 0.405 e. The Labute approximate surface area is 88.6 Å². The summed E-state index contributed by atoms with van der Waals surface area (Å²) < 4.78 is 39.6. The number of alkyl halides is 3. The van der Waals surface area contributed by atoms with E-state index in [0.29, 0.717) is 5.01 Å². The fourth-order valence-electron chi connectivity index (χ4n) is 0.946. The summed E-state index contributed by atoms with van der Waals surface area (Å²) in [6.07, 6.45) is -2.84. The van der Waals surface area contributed by atoms with Gasteiger partial charge in [0.2, 0.25) is 0 Å². The van der Waals surface area contributed by atoms with E-state index >= 15 is 0 Å². The van der Waals surface area contributed by atoms with E-state index in [-0.39, 0.29) is 5.56 Å². The van der Waals surface area contributed by atoms with Crippen molar-refractivity contribution < 1.29 is 22.7 Å². The molecule has 5 nitrogen and oxygen atoms in total. The lowest BCUT2D eigenvalue weighted by Gasteiger charge is -2.14. The van der Waals surface area contributed by atoms with Gasteiger partial charge in [0.25, 0.3) is 5.91 Å². The molecule has 0 saturated carbocycles. The summed E-state index contributed by atoms with van der Waals surface area (Å²) in [5, 5.41) is 0.639. The molecular weight excluding hydrogens is 227 g/mol. The molecule has 1 aromatic rings. The Morgan fingerprint density at radius 2 is 2.19 bits per heavy atom. The number of amides is 1. The van der Waals surface area contributed by atoms with Gasteiger partial charge in [0.05, 0.1) is 0 Å². The van der Waals surface area contributed by atoms with E-state index in [4.69, 9.17) is 5.84 Å². The Hall–Kier alpha value is -1.83. The number of aromatic nitrogens is 1. The Morgan fingerprint density at radius 3 is 2.69 bits per heavy atom. The zero-order chi connectivity index (χ0) is 12.3. The molecule has 88 valence electrons. The summed E-state index contributed by atoms with van der Waals surface area (Å²) >= 11 is 0. The lowest BCUT2D eigenvalue weighted by molar-refractivity contribution is -0.274. The molecule has 1 aromatic heterocycles. The third-order valence-corrected chi connectivity index (χ3v) is 1.56. The van der Waals surface area contributed by atoms with Crippen molar-refractivity contribution in [1.29, 1.82) is 0 Å². The van der Waals surface area contributed by atoms with E-state index in [2.05, 4.69) is 9.72 Å². The predicted octanol–water partition coefficient (Wildman–Crippen LogP) is 0.926. The van der Waals surface area contributed by atoms with Crippen LogP contribution >= 0.6 is 0 Å². The second-order valence-electron chi connectivity index (χ2n) is 2.84. The van der Waals surface area contributed by atoms with Crippen molar-refractivity contribution >= 4 is 5.91 Å². The average molecular weight is 235 g/mol. The zero-order valence-electron chi connectivity index (χ0n) is 8.15. The van der Waals surface area contributed by atoms with Crippen LogP contribution in [0.5, 0.6) is 5.75 Å². The minimum Gasteiger partial charge on any atom is -0.405 e. The quantitative estimate of drug-likeness (QED) is 0.470. The molecule has 1 heterocycles. The first kappa shape index (κ1) is 12.2. The van der Waals surface area contributed by atoms with Gasteiger partial charge in [-0.2, -0.15) is 0 Å². The summed E-state index contributed by atoms with van der Waals surface area (Å²) in [4.78, 5) is 14.9. The van der Waals surface area contributed by atoms with Gasteiger partial charge in [-0.1, -0.05) is 0 Å². The molecule has 0 aromatic carbocycles. The van der Waals surface area contributed by atoms with Gasteiger partial charge in [0, 0.05) is 19.4 Å². The number of hydrogen-bond acceptors (Lipinski definition) is 4. The summed E-state index contributed by atoms with van der Waals surface area (Å²) in [5.74, 6) is 3.66. The highest BCUT2D eigenvalue weighted by atomic mass is 19.4. The Morgan fingerprint density at radius 1 is 1.56 bits per heavy atom. The Balaban J connectivity index is 3.06. The van der Waals surface area contributed by atoms with Gasteiger partial charge in [0.1, 0.15) is 11.3 Å². The number of hydrogen-bond donors (Lipinski definition) is 1. The van der Waals surface area contributed by atoms with Crippen LogP contribution in [0.15, 0.2) is 18.5 Å². The second kappa shape index (κ2) is 4.35. The van der Waals surface area contributed by atoms with E-state index in [9.17, 15) is 18.0 Å². The van der Waals surface area contributed by atoms with Gasteiger partial charge >= 0.3 is 6.36 Å². The summed E-state index contributed by atoms with van der Waals surface area (Å²) in [7, 11) is 1.20. The fourth-order valence-corrected chi connectivity index (χ4v) is 0.946. The van der Waals surface area contributed by atoms with Crippen LogP contribution in [0.3, 0.4) is 0 Å². The van der Waals surface area contributed by atoms with Crippen molar-refractivity contribution in [3.63, 3.8) is 0 Å². The van der Waals surface area contributed by atoms with Crippen LogP contribution in [-0.2, 0) is 0 Å². The number of nitrogens with two attached hydrogens (primary N) is 1. The molecule has 0 aliphatic heterocycles. The maximum atomic E-state index is 12.0. The van der Waals surface area contributed by atoms with Crippen molar-refractivity contribution in [3.8, 4) is 5.75 Å². The predicted molar refractivity (Wildman–Crippen MR) is 47.2 cm³/mol. The minimum absolute atomic E-state index is 0.357. The second-order valence-corrected chi connectivity index (χ2v) is 2.84. The largest absolute Gasteiger partial charge is 0.573 e. The first-order chi connectivity index (χ1) is 7.31. The highest BCUT2D eigenvalue weighted by molar-refractivity contribution is 5.96. The van der Waals surface area contributed by atoms with Crippen LogP contribution in [-0.4, -0.2) is 29.3 Å². The van der Waals surface area contributed by atoms with Gasteiger partial charge < -0.3 is 4.74 Å². The maximum Gasteiger partial charge on any atom is 0.573 e. The van der Waals surface area contributed by atoms with Crippen LogP contribution in [0, 0.1) is 0 Å². The van der Waals surface area contributed by atoms with Crippen LogP contribution in [0.4, 0.5) is 13.2 Å². The topological polar surface area (TPSA) is 68.5 Å². The van der Waals surface area contributed by atoms with Gasteiger partial charge in [-0.05, 0) is 6.07 Å². The van der Waals surface area contributed by atoms with E-state index in [1.807, 2.05) is 0 Å². The molecule has 16 heavy (non-hydrogen) atoms. The molecule has 0 bridgehead atoms. The third kappa shape index (κ3) is 3.09. The molecule has 0 saturated heterocycles. The van der Waals surface area contributed by atoms with Crippen molar-refractivity contribution in [3.05, 3.63) is 24.0 Å². The van der Waals surface area contributed by atoms with Gasteiger partial charge in [0.15, 0.2) is 0 Å². The van der Waals surface area contributed by atoms with Crippen LogP contribution < -0.4 is 10.6 Å². The minimum atomic E-state index is -4.87. The monoisotopic (exact) mass is 235 g/mol. The SMILES string of the molecule is CN(N)C(=O)c1cnccc1OC(F)(F)F. The van der Waals surface area contributed by atoms with Crippen LogP contribution in [0.25, 0.3) is 0 Å². The number of pyridine rings is 1. The van der Waals surface area contributed by atoms with Gasteiger partial charge in [-0.15, -0.1) is 13.2 Å². The molecule has 1 rings (SSSR count). The molecule has 0 unspecified atom stereocenters. The number of rotatable bonds is 2. The molecule has 0 aliphatic rings. The molecule has 8 heteroatoms. The molecule has 0 spiro atoms. The average Bonchev–Trinajstić information content (AvgIpc) is 2.15. The zero-order valence-corrected chi connectivity index (χ0v) is 8.15. The molecule has 1 amide bonds. The number of carbonyl (C=O) groups excluding carboxylic acids is 1. The number of carbonyl (C=O) groups is 1. The number of hydrazine groups is 1. The molecule has 0 aliphatic carbocycles. The summed E-state index contributed by atoms with van der Waals surface area (Å²) in [5.41, 5.74) is -0.357. The Kier molecular flexibility index (Phi) is 3.33. The molecule has 0 radical (unpaired) electrons. The number of halogens is 3. The summed E-state index contributed by atoms with van der Waals surface area (Å²) in [6, 6.07) is 0.935. The molecular formula is C8H8F3N3O2. The highest BCUT2D eigenvalue weighted by Crippen LogP contribution is 2.25. The molecule has 0 fully saturated rings. The van der Waals surface area contributed by atoms with Crippen molar-refractivity contribution in [1.82, 2.24) is 9.99 Å². The molecule has 0 atom stereocenters. The van der Waals surface area contributed by atoms with E-state index in [0.717, 1.165) is 18.5 Å². The highest BCUT2D eigenvalue weighted by Gasteiger charge is 2.33. The van der Waals surface area contributed by atoms with Crippen molar-refractivity contribution in [2.24, 2.45) is 5.84 Å². The van der Waals surface area contributed by atoms with E-state index in [1.165, 1.54) is 7.05 Å². The fraction of sp³-hybridized carbons (Fsp3) is 0.250. The molecule has 2 N–H and O–H groups in total. The van der Waals surface area contributed by atoms with Gasteiger partial charge in [-0.3, -0.25) is 14.8 Å². The Bertz CT molecular complexity index is 392. The van der Waals surface area contributed by atoms with Crippen molar-refractivity contribution in [2.75, 3.05) is 7.05 Å². The van der Waals surface area contributed by atoms with E-state index < -0.39 is 18.0 Å².